The van der Waals surface area contributed by atoms with E-state index in [2.05, 4.69) is 98.9 Å². The average Bonchev–Trinajstić information content (AvgIpc) is 3.22. The number of esters is 2. The van der Waals surface area contributed by atoms with Gasteiger partial charge in [0.15, 0.2) is 12.4 Å². The van der Waals surface area contributed by atoms with E-state index in [0.717, 1.165) is 96.3 Å². The molecule has 6 atom stereocenters. The Morgan fingerprint density at radius 3 is 1.55 bits per heavy atom. The summed E-state index contributed by atoms with van der Waals surface area (Å²) in [5, 5.41) is 40.1. The van der Waals surface area contributed by atoms with Crippen LogP contribution in [-0.4, -0.2) is 89.0 Å². The Hall–Kier alpha value is -3.12. The number of hydrogen-bond donors (Lipinski definition) is 4. The van der Waals surface area contributed by atoms with Gasteiger partial charge >= 0.3 is 11.9 Å². The zero-order valence-corrected chi connectivity index (χ0v) is 35.8. The summed E-state index contributed by atoms with van der Waals surface area (Å²) < 4.78 is 22.1. The van der Waals surface area contributed by atoms with E-state index in [9.17, 15) is 30.0 Å². The molecule has 0 aliphatic carbocycles. The summed E-state index contributed by atoms with van der Waals surface area (Å²) in [5.41, 5.74) is 0. The quantitative estimate of drug-likeness (QED) is 0.0277. The average molecular weight is 815 g/mol. The van der Waals surface area contributed by atoms with Crippen LogP contribution in [0.2, 0.25) is 0 Å². The Balaban J connectivity index is 2.39. The van der Waals surface area contributed by atoms with Crippen molar-refractivity contribution < 1.29 is 49.0 Å². The number of rotatable bonds is 35. The van der Waals surface area contributed by atoms with E-state index in [0.29, 0.717) is 12.8 Å². The van der Waals surface area contributed by atoms with Gasteiger partial charge in [0.2, 0.25) is 0 Å². The zero-order chi connectivity index (χ0) is 42.3. The molecule has 1 heterocycles. The molecule has 0 radical (unpaired) electrons. The van der Waals surface area contributed by atoms with Gasteiger partial charge in [-0.25, -0.2) is 0 Å². The Morgan fingerprint density at radius 1 is 0.552 bits per heavy atom. The lowest BCUT2D eigenvalue weighted by atomic mass is 9.99. The van der Waals surface area contributed by atoms with Gasteiger partial charge in [0, 0.05) is 12.8 Å². The largest absolute Gasteiger partial charge is 0.462 e. The molecule has 1 saturated heterocycles. The van der Waals surface area contributed by atoms with Gasteiger partial charge in [-0.2, -0.15) is 0 Å². The van der Waals surface area contributed by atoms with Crippen LogP contribution in [-0.2, 0) is 28.5 Å². The van der Waals surface area contributed by atoms with E-state index < -0.39 is 55.4 Å². The minimum atomic E-state index is -1.61. The van der Waals surface area contributed by atoms with Crippen molar-refractivity contribution in [3.63, 3.8) is 0 Å². The van der Waals surface area contributed by atoms with Gasteiger partial charge in [-0.05, 0) is 83.5 Å². The van der Waals surface area contributed by atoms with Crippen molar-refractivity contribution in [3.05, 3.63) is 85.1 Å². The summed E-state index contributed by atoms with van der Waals surface area (Å²) in [4.78, 5) is 25.3. The van der Waals surface area contributed by atoms with Crippen LogP contribution in [0, 0.1) is 0 Å². The molecule has 1 rings (SSSR count). The molecule has 0 aromatic rings. The summed E-state index contributed by atoms with van der Waals surface area (Å²) >= 11 is 0. The Morgan fingerprint density at radius 2 is 1.02 bits per heavy atom. The monoisotopic (exact) mass is 815 g/mol. The molecule has 330 valence electrons. The van der Waals surface area contributed by atoms with E-state index in [1.54, 1.807) is 0 Å². The van der Waals surface area contributed by atoms with Crippen LogP contribution in [0.3, 0.4) is 0 Å². The number of hydrogen-bond acceptors (Lipinski definition) is 10. The van der Waals surface area contributed by atoms with Crippen LogP contribution < -0.4 is 0 Å². The highest BCUT2D eigenvalue weighted by molar-refractivity contribution is 5.70. The van der Waals surface area contributed by atoms with Crippen LogP contribution >= 0.6 is 0 Å². The molecule has 10 heteroatoms. The van der Waals surface area contributed by atoms with E-state index in [4.69, 9.17) is 18.9 Å². The molecule has 2 unspecified atom stereocenters. The number of carbonyl (C=O) groups is 2. The molecule has 10 nitrogen and oxygen atoms in total. The fourth-order valence-corrected chi connectivity index (χ4v) is 5.99. The predicted molar refractivity (Wildman–Crippen MR) is 233 cm³/mol. The highest BCUT2D eigenvalue weighted by Crippen LogP contribution is 2.22. The zero-order valence-electron chi connectivity index (χ0n) is 35.8. The van der Waals surface area contributed by atoms with Crippen molar-refractivity contribution in [2.75, 3.05) is 19.8 Å². The third-order valence-electron chi connectivity index (χ3n) is 9.51. The first-order valence-corrected chi connectivity index (χ1v) is 22.2. The maximum atomic E-state index is 12.8. The number of allylic oxidation sites excluding steroid dienone is 14. The molecule has 1 aliphatic heterocycles. The maximum absolute atomic E-state index is 12.8. The number of unbranched alkanes of at least 4 members (excludes halogenated alkanes) is 10. The van der Waals surface area contributed by atoms with E-state index in [-0.39, 0.29) is 26.1 Å². The summed E-state index contributed by atoms with van der Waals surface area (Å²) in [7, 11) is 0. The van der Waals surface area contributed by atoms with Crippen molar-refractivity contribution in [1.82, 2.24) is 0 Å². The van der Waals surface area contributed by atoms with E-state index in [1.807, 2.05) is 0 Å². The molecule has 0 amide bonds. The number of aliphatic hydroxyl groups excluding tert-OH is 4. The van der Waals surface area contributed by atoms with Crippen molar-refractivity contribution >= 4 is 11.9 Å². The molecule has 0 bridgehead atoms. The summed E-state index contributed by atoms with van der Waals surface area (Å²) in [6, 6.07) is 0. The predicted octanol–water partition coefficient (Wildman–Crippen LogP) is 9.38. The van der Waals surface area contributed by atoms with Crippen LogP contribution in [0.5, 0.6) is 0 Å². The van der Waals surface area contributed by atoms with Gasteiger partial charge in [-0.1, -0.05) is 137 Å². The molecule has 58 heavy (non-hydrogen) atoms. The minimum absolute atomic E-state index is 0.183. The van der Waals surface area contributed by atoms with Gasteiger partial charge in [0.25, 0.3) is 0 Å². The van der Waals surface area contributed by atoms with Gasteiger partial charge in [0.1, 0.15) is 31.0 Å². The van der Waals surface area contributed by atoms with Gasteiger partial charge < -0.3 is 39.4 Å². The normalized spacial score (nSPS) is 21.0. The topological polar surface area (TPSA) is 152 Å². The van der Waals surface area contributed by atoms with Crippen molar-refractivity contribution in [2.24, 2.45) is 0 Å². The Labute approximate surface area is 350 Å². The third-order valence-corrected chi connectivity index (χ3v) is 9.51. The lowest BCUT2D eigenvalue weighted by molar-refractivity contribution is -0.305. The fourth-order valence-electron chi connectivity index (χ4n) is 5.99. The summed E-state index contributed by atoms with van der Waals surface area (Å²) in [6.07, 6.45) is 41.5. The highest BCUT2D eigenvalue weighted by Gasteiger charge is 2.44. The molecule has 0 aromatic heterocycles. The molecule has 0 saturated carbocycles. The van der Waals surface area contributed by atoms with Crippen molar-refractivity contribution in [3.8, 4) is 0 Å². The van der Waals surface area contributed by atoms with Crippen molar-refractivity contribution in [2.45, 2.75) is 185 Å². The second-order valence-electron chi connectivity index (χ2n) is 14.8. The maximum Gasteiger partial charge on any atom is 0.306 e. The molecule has 1 fully saturated rings. The second-order valence-corrected chi connectivity index (χ2v) is 14.8. The second kappa shape index (κ2) is 38.1. The van der Waals surface area contributed by atoms with Crippen molar-refractivity contribution in [1.29, 1.82) is 0 Å². The van der Waals surface area contributed by atoms with Crippen LogP contribution in [0.1, 0.15) is 149 Å². The molecular formula is C48H78O10. The highest BCUT2D eigenvalue weighted by atomic mass is 16.7. The molecular weight excluding hydrogens is 737 g/mol. The lowest BCUT2D eigenvalue weighted by Crippen LogP contribution is -2.59. The number of aliphatic hydroxyl groups is 4. The molecule has 4 N–H and O–H groups in total. The van der Waals surface area contributed by atoms with E-state index in [1.165, 1.54) is 12.8 Å². The lowest BCUT2D eigenvalue weighted by Gasteiger charge is -2.39. The number of ether oxygens (including phenoxy) is 4. The van der Waals surface area contributed by atoms with Crippen LogP contribution in [0.25, 0.3) is 0 Å². The van der Waals surface area contributed by atoms with Crippen LogP contribution in [0.4, 0.5) is 0 Å². The number of carbonyl (C=O) groups excluding carboxylic acids is 2. The van der Waals surface area contributed by atoms with E-state index >= 15 is 0 Å². The third kappa shape index (κ3) is 29.1. The van der Waals surface area contributed by atoms with Crippen LogP contribution in [0.15, 0.2) is 85.1 Å². The Bertz CT molecular complexity index is 1220. The van der Waals surface area contributed by atoms with Gasteiger partial charge in [0.05, 0.1) is 13.2 Å². The first kappa shape index (κ1) is 52.9. The standard InChI is InChI=1S/C48H78O10/c1-3-5-7-9-11-13-15-17-19-20-21-22-23-25-27-29-31-33-35-37-44(51)57-41(40-56-48-47(54)46(53)45(52)42(38-49)58-48)39-55-43(50)36-34-32-30-28-26-24-18-16-14-12-10-8-6-4-2/h5,7,10-13,16-19,21-22,25,27,41-42,45-49,52-54H,3-4,6,8-9,14-15,20,23-24,26,28-40H2,1-2H3/b7-5+,12-10+,13-11+,18-16+,19-17+,22-21+,27-25+/t41-,42-,45+,46?,47?,48-/m1/s1. The van der Waals surface area contributed by atoms with Gasteiger partial charge in [-0.3, -0.25) is 9.59 Å². The molecule has 1 aliphatic rings. The smallest absolute Gasteiger partial charge is 0.306 e. The first-order valence-electron chi connectivity index (χ1n) is 22.2. The molecule has 0 aromatic carbocycles. The summed E-state index contributed by atoms with van der Waals surface area (Å²) in [6.45, 7) is 3.20. The SMILES string of the molecule is CC/C=C/C/C=C/C/C=C/C/C=C/C/C=C/CCCCCC(=O)O[C@H](COC(=O)CCCCCCC/C=C/C/C=C/CCCC)CO[C@@H]1O[C@H](CO)[C@H](O)C(O)C1O. The fraction of sp³-hybridized carbons (Fsp3) is 0.667. The van der Waals surface area contributed by atoms with Gasteiger partial charge in [-0.15, -0.1) is 0 Å². The molecule has 0 spiro atoms. The minimum Gasteiger partial charge on any atom is -0.462 e. The summed E-state index contributed by atoms with van der Waals surface area (Å²) in [5.74, 6) is -0.870. The first-order chi connectivity index (χ1) is 28.3. The Kier molecular flexibility index (Phi) is 34.8.